The molecule has 2 aliphatic heterocycles. The van der Waals surface area contributed by atoms with Crippen molar-refractivity contribution in [3.05, 3.63) is 0 Å². The standard InChI is InChI=1S/C20H28ClN3O10S/c1-5-31-19(29)34-11(3)33-18(28)20(9-30-4)8-24-16(27)14(17(24)35-10-20)22-15(26)13(12(25)7-21)23-32-6-2/h11,14,17H,5-10H2,1-4H3,(H,22,26)/t11?,14?,17-,20?/m1/s1. The molecule has 2 heterocycles. The lowest BCUT2D eigenvalue weighted by atomic mass is 9.88. The molecule has 0 aromatic carbocycles. The molecule has 35 heavy (non-hydrogen) atoms. The highest BCUT2D eigenvalue weighted by molar-refractivity contribution is 8.00. The van der Waals surface area contributed by atoms with Gasteiger partial charge in [0.25, 0.3) is 5.91 Å². The van der Waals surface area contributed by atoms with Crippen LogP contribution in [0.3, 0.4) is 0 Å². The number of methoxy groups -OCH3 is 1. The van der Waals surface area contributed by atoms with Gasteiger partial charge in [-0.05, 0) is 13.8 Å². The van der Waals surface area contributed by atoms with Gasteiger partial charge < -0.3 is 34.0 Å². The number of Topliss-reactive ketones (excluding diaryl/α,β-unsaturated/α-hetero) is 1. The minimum atomic E-state index is -1.23. The molecule has 0 saturated carbocycles. The molecule has 2 rings (SSSR count). The van der Waals surface area contributed by atoms with Crippen molar-refractivity contribution in [3.63, 3.8) is 0 Å². The second-order valence-corrected chi connectivity index (χ2v) is 8.89. The zero-order valence-corrected chi connectivity index (χ0v) is 21.3. The van der Waals surface area contributed by atoms with Crippen molar-refractivity contribution in [1.29, 1.82) is 0 Å². The number of hydrogen-bond acceptors (Lipinski definition) is 12. The first-order valence-corrected chi connectivity index (χ1v) is 12.3. The van der Waals surface area contributed by atoms with Crippen LogP contribution in [0.25, 0.3) is 0 Å². The van der Waals surface area contributed by atoms with E-state index in [4.69, 9.17) is 30.6 Å². The third-order valence-corrected chi connectivity index (χ3v) is 6.80. The van der Waals surface area contributed by atoms with E-state index in [2.05, 4.69) is 15.2 Å². The number of hydrogen-bond donors (Lipinski definition) is 1. The summed E-state index contributed by atoms with van der Waals surface area (Å²) in [5.41, 5.74) is -1.77. The van der Waals surface area contributed by atoms with Crippen molar-refractivity contribution in [1.82, 2.24) is 10.2 Å². The number of nitrogens with zero attached hydrogens (tertiary/aromatic N) is 2. The Hall–Kier alpha value is -2.58. The quantitative estimate of drug-likeness (QED) is 0.0692. The number of nitrogens with one attached hydrogen (secondary N) is 1. The first-order valence-electron chi connectivity index (χ1n) is 10.7. The predicted molar refractivity (Wildman–Crippen MR) is 123 cm³/mol. The second kappa shape index (κ2) is 12.9. The summed E-state index contributed by atoms with van der Waals surface area (Å²) in [6, 6.07) is -0.940. The van der Waals surface area contributed by atoms with Crippen LogP contribution in [-0.4, -0.2) is 103 Å². The van der Waals surface area contributed by atoms with Crippen LogP contribution in [0.1, 0.15) is 20.8 Å². The summed E-state index contributed by atoms with van der Waals surface area (Å²) >= 11 is 6.76. The number of rotatable bonds is 12. The highest BCUT2D eigenvalue weighted by Crippen LogP contribution is 2.43. The third-order valence-electron chi connectivity index (χ3n) is 4.97. The van der Waals surface area contributed by atoms with Crippen LogP contribution in [0.2, 0.25) is 0 Å². The number of amides is 2. The molecule has 0 aliphatic carbocycles. The molecule has 2 amide bonds. The van der Waals surface area contributed by atoms with Gasteiger partial charge in [-0.2, -0.15) is 0 Å². The zero-order chi connectivity index (χ0) is 26.2. The van der Waals surface area contributed by atoms with E-state index in [-0.39, 0.29) is 32.1 Å². The lowest BCUT2D eigenvalue weighted by Gasteiger charge is -2.53. The SMILES string of the molecule is CCON=C(C(=O)CCl)C(=O)NC1C(=O)N2CC(COC)(C(=O)OC(C)OC(=O)OCC)CS[C@H]12. The number of alkyl halides is 1. The number of carbonyl (C=O) groups is 5. The Balaban J connectivity index is 2.06. The fourth-order valence-electron chi connectivity index (χ4n) is 3.38. The first kappa shape index (κ1) is 28.7. The van der Waals surface area contributed by atoms with Crippen molar-refractivity contribution >= 4 is 58.8 Å². The van der Waals surface area contributed by atoms with Gasteiger partial charge in [-0.1, -0.05) is 5.16 Å². The minimum absolute atomic E-state index is 0.0465. The number of ketones is 1. The summed E-state index contributed by atoms with van der Waals surface area (Å²) in [6.07, 6.45) is -2.21. The average molecular weight is 538 g/mol. The van der Waals surface area contributed by atoms with Crippen molar-refractivity contribution < 1.29 is 47.8 Å². The van der Waals surface area contributed by atoms with Gasteiger partial charge in [0.1, 0.15) is 23.4 Å². The summed E-state index contributed by atoms with van der Waals surface area (Å²) in [4.78, 5) is 67.9. The van der Waals surface area contributed by atoms with E-state index in [0.29, 0.717) is 0 Å². The normalized spacial score (nSPS) is 24.4. The van der Waals surface area contributed by atoms with Gasteiger partial charge >= 0.3 is 12.1 Å². The van der Waals surface area contributed by atoms with Gasteiger partial charge in [-0.3, -0.25) is 19.2 Å². The molecule has 2 saturated heterocycles. The van der Waals surface area contributed by atoms with Gasteiger partial charge in [-0.15, -0.1) is 23.4 Å². The second-order valence-electron chi connectivity index (χ2n) is 7.52. The zero-order valence-electron chi connectivity index (χ0n) is 19.7. The Labute approximate surface area is 211 Å². The Kier molecular flexibility index (Phi) is 10.6. The lowest BCUT2D eigenvalue weighted by Crippen LogP contribution is -2.74. The number of oxime groups is 1. The number of β-lactam (4-membered cyclic amide) rings is 1. The van der Waals surface area contributed by atoms with Crippen molar-refractivity contribution in [3.8, 4) is 0 Å². The summed E-state index contributed by atoms with van der Waals surface area (Å²) in [5, 5.41) is 5.49. The van der Waals surface area contributed by atoms with E-state index in [0.717, 1.165) is 0 Å². The van der Waals surface area contributed by atoms with Crippen molar-refractivity contribution in [2.75, 3.05) is 45.1 Å². The van der Waals surface area contributed by atoms with E-state index < -0.39 is 64.4 Å². The number of thioether (sulfide) groups is 1. The topological polar surface area (TPSA) is 159 Å². The Morgan fingerprint density at radius 1 is 1.26 bits per heavy atom. The fourth-order valence-corrected chi connectivity index (χ4v) is 5.03. The van der Waals surface area contributed by atoms with E-state index >= 15 is 0 Å². The summed E-state index contributed by atoms with van der Waals surface area (Å²) in [7, 11) is 1.40. The van der Waals surface area contributed by atoms with Crippen LogP contribution in [0, 0.1) is 5.41 Å². The maximum absolute atomic E-state index is 13.0. The van der Waals surface area contributed by atoms with Crippen LogP contribution in [-0.2, 0) is 43.0 Å². The highest BCUT2D eigenvalue weighted by atomic mass is 35.5. The van der Waals surface area contributed by atoms with Gasteiger partial charge in [0, 0.05) is 26.3 Å². The molecule has 196 valence electrons. The van der Waals surface area contributed by atoms with Crippen LogP contribution >= 0.6 is 23.4 Å². The van der Waals surface area contributed by atoms with Crippen LogP contribution in [0.5, 0.6) is 0 Å². The van der Waals surface area contributed by atoms with Crippen LogP contribution in [0.4, 0.5) is 4.79 Å². The molecular formula is C20H28ClN3O10S. The molecule has 3 unspecified atom stereocenters. The Morgan fingerprint density at radius 2 is 1.97 bits per heavy atom. The third kappa shape index (κ3) is 6.76. The smallest absolute Gasteiger partial charge is 0.435 e. The molecule has 13 nitrogen and oxygen atoms in total. The van der Waals surface area contributed by atoms with E-state index in [1.807, 2.05) is 0 Å². The summed E-state index contributed by atoms with van der Waals surface area (Å²) in [5.74, 6) is -3.12. The Bertz CT molecular complexity index is 872. The average Bonchev–Trinajstić information content (AvgIpc) is 2.82. The molecule has 15 heteroatoms. The molecule has 4 atom stereocenters. The number of ether oxygens (including phenoxy) is 4. The van der Waals surface area contributed by atoms with Gasteiger partial charge in [0.2, 0.25) is 23.7 Å². The van der Waals surface area contributed by atoms with Crippen LogP contribution in [0.15, 0.2) is 5.16 Å². The number of esters is 1. The van der Waals surface area contributed by atoms with Crippen molar-refractivity contribution in [2.24, 2.45) is 10.6 Å². The van der Waals surface area contributed by atoms with Crippen LogP contribution < -0.4 is 5.32 Å². The van der Waals surface area contributed by atoms with E-state index in [1.165, 1.54) is 30.7 Å². The molecule has 2 fully saturated rings. The van der Waals surface area contributed by atoms with E-state index in [1.54, 1.807) is 13.8 Å². The fraction of sp³-hybridized carbons (Fsp3) is 0.700. The van der Waals surface area contributed by atoms with E-state index in [9.17, 15) is 24.0 Å². The molecular weight excluding hydrogens is 510 g/mol. The molecule has 1 N–H and O–H groups in total. The predicted octanol–water partition coefficient (Wildman–Crippen LogP) is 0.282. The molecule has 0 aromatic heterocycles. The molecule has 0 bridgehead atoms. The maximum atomic E-state index is 13.0. The molecule has 0 aromatic rings. The highest BCUT2D eigenvalue weighted by Gasteiger charge is 2.58. The molecule has 2 aliphatic rings. The van der Waals surface area contributed by atoms with Gasteiger partial charge in [0.05, 0.1) is 19.1 Å². The first-order chi connectivity index (χ1) is 16.6. The lowest BCUT2D eigenvalue weighted by molar-refractivity contribution is -0.185. The summed E-state index contributed by atoms with van der Waals surface area (Å²) in [6.45, 7) is 4.70. The number of halogens is 1. The number of fused-ring (bicyclic) bond motifs is 1. The Morgan fingerprint density at radius 3 is 2.57 bits per heavy atom. The largest absolute Gasteiger partial charge is 0.511 e. The monoisotopic (exact) mass is 537 g/mol. The minimum Gasteiger partial charge on any atom is -0.435 e. The van der Waals surface area contributed by atoms with Crippen molar-refractivity contribution in [2.45, 2.75) is 38.5 Å². The van der Waals surface area contributed by atoms with Gasteiger partial charge in [-0.25, -0.2) is 4.79 Å². The number of carbonyl (C=O) groups excluding carboxylic acids is 5. The molecule has 0 radical (unpaired) electrons. The maximum Gasteiger partial charge on any atom is 0.511 e. The molecule has 0 spiro atoms. The summed E-state index contributed by atoms with van der Waals surface area (Å²) < 4.78 is 20.0. The van der Waals surface area contributed by atoms with Gasteiger partial charge in [0.15, 0.2) is 0 Å².